The molecule has 23 heavy (non-hydrogen) atoms. The molecule has 0 aromatic heterocycles. The predicted octanol–water partition coefficient (Wildman–Crippen LogP) is 4.43. The number of urea groups is 1. The zero-order chi connectivity index (χ0) is 17.2. The number of rotatable bonds is 2. The number of aromatic hydroxyl groups is 1. The van der Waals surface area contributed by atoms with E-state index in [4.69, 9.17) is 5.11 Å². The van der Waals surface area contributed by atoms with E-state index in [0.29, 0.717) is 0 Å². The summed E-state index contributed by atoms with van der Waals surface area (Å²) in [7, 11) is 0. The molecule has 0 heterocycles. The lowest BCUT2D eigenvalue weighted by molar-refractivity contribution is -0.137. The number of halogens is 4. The Morgan fingerprint density at radius 3 is 2.26 bits per heavy atom. The fourth-order valence-corrected chi connectivity index (χ4v) is 1.84. The first-order chi connectivity index (χ1) is 10.7. The minimum atomic E-state index is -4.47. The lowest BCUT2D eigenvalue weighted by Crippen LogP contribution is -2.26. The highest BCUT2D eigenvalue weighted by molar-refractivity contribution is 7.82. The van der Waals surface area contributed by atoms with Gasteiger partial charge in [0.25, 0.3) is 0 Å². The second-order valence-electron chi connectivity index (χ2n) is 4.45. The molecule has 2 aromatic carbocycles. The standard InChI is InChI=1S/C14H10F4N2O2S/c15-11-7-10(5-6-12(11)21)20(23)13(22)19-9-3-1-8(2-4-9)14(16,17)18/h1-7,21,23H,(H,19,22). The van der Waals surface area contributed by atoms with Gasteiger partial charge in [0.15, 0.2) is 11.6 Å². The molecule has 0 saturated carbocycles. The van der Waals surface area contributed by atoms with E-state index >= 15 is 0 Å². The monoisotopic (exact) mass is 346 g/mol. The number of amides is 2. The molecular weight excluding hydrogens is 336 g/mol. The van der Waals surface area contributed by atoms with Crippen LogP contribution in [0, 0.1) is 5.82 Å². The van der Waals surface area contributed by atoms with Crippen molar-refractivity contribution in [3.63, 3.8) is 0 Å². The molecular formula is C14H10F4N2O2S. The van der Waals surface area contributed by atoms with Crippen molar-refractivity contribution in [1.29, 1.82) is 0 Å². The molecule has 0 spiro atoms. The Hall–Kier alpha value is -2.42. The third kappa shape index (κ3) is 4.07. The van der Waals surface area contributed by atoms with Crippen LogP contribution in [0.15, 0.2) is 42.5 Å². The predicted molar refractivity (Wildman–Crippen MR) is 80.0 cm³/mol. The van der Waals surface area contributed by atoms with Gasteiger partial charge in [0.05, 0.1) is 11.3 Å². The van der Waals surface area contributed by atoms with Crippen LogP contribution < -0.4 is 9.62 Å². The van der Waals surface area contributed by atoms with Crippen molar-refractivity contribution in [2.75, 3.05) is 9.62 Å². The van der Waals surface area contributed by atoms with Crippen LogP contribution in [-0.2, 0) is 6.18 Å². The van der Waals surface area contributed by atoms with Crippen LogP contribution in [0.4, 0.5) is 33.7 Å². The summed E-state index contributed by atoms with van der Waals surface area (Å²) in [5.41, 5.74) is -0.701. The third-order valence-corrected chi connectivity index (χ3v) is 3.24. The van der Waals surface area contributed by atoms with Crippen LogP contribution >= 0.6 is 12.8 Å². The average Bonchev–Trinajstić information content (AvgIpc) is 2.49. The largest absolute Gasteiger partial charge is 0.505 e. The lowest BCUT2D eigenvalue weighted by atomic mass is 10.2. The van der Waals surface area contributed by atoms with E-state index in [2.05, 4.69) is 18.1 Å². The number of benzene rings is 2. The zero-order valence-corrected chi connectivity index (χ0v) is 12.2. The minimum absolute atomic E-state index is 0.0352. The van der Waals surface area contributed by atoms with Crippen molar-refractivity contribution in [1.82, 2.24) is 0 Å². The zero-order valence-electron chi connectivity index (χ0n) is 11.3. The molecule has 0 saturated heterocycles. The van der Waals surface area contributed by atoms with Crippen LogP contribution in [0.2, 0.25) is 0 Å². The van der Waals surface area contributed by atoms with Gasteiger partial charge in [-0.05, 0) is 36.4 Å². The number of thiol groups is 1. The summed E-state index contributed by atoms with van der Waals surface area (Å²) >= 11 is 3.89. The highest BCUT2D eigenvalue weighted by Gasteiger charge is 2.30. The summed E-state index contributed by atoms with van der Waals surface area (Å²) in [4.78, 5) is 11.9. The Balaban J connectivity index is 2.10. The number of carbonyl (C=O) groups excluding carboxylic acids is 1. The average molecular weight is 346 g/mol. The summed E-state index contributed by atoms with van der Waals surface area (Å²) in [6, 6.07) is 6.17. The Morgan fingerprint density at radius 2 is 1.74 bits per heavy atom. The second-order valence-corrected chi connectivity index (χ2v) is 4.85. The van der Waals surface area contributed by atoms with Gasteiger partial charge in [0, 0.05) is 11.8 Å². The van der Waals surface area contributed by atoms with Crippen molar-refractivity contribution in [3.05, 3.63) is 53.8 Å². The number of anilines is 2. The number of alkyl halides is 3. The number of phenols is 1. The molecule has 0 atom stereocenters. The van der Waals surface area contributed by atoms with E-state index < -0.39 is 29.3 Å². The van der Waals surface area contributed by atoms with E-state index in [1.54, 1.807) is 0 Å². The highest BCUT2D eigenvalue weighted by atomic mass is 32.1. The summed E-state index contributed by atoms with van der Waals surface area (Å²) in [5.74, 6) is -1.53. The van der Waals surface area contributed by atoms with Crippen LogP contribution in [-0.4, -0.2) is 11.1 Å². The smallest absolute Gasteiger partial charge is 0.416 e. The maximum atomic E-state index is 13.2. The van der Waals surface area contributed by atoms with Crippen molar-refractivity contribution < 1.29 is 27.5 Å². The molecule has 0 fully saturated rings. The van der Waals surface area contributed by atoms with E-state index in [9.17, 15) is 22.4 Å². The topological polar surface area (TPSA) is 52.6 Å². The molecule has 0 aliphatic heterocycles. The van der Waals surface area contributed by atoms with Crippen molar-refractivity contribution in [3.8, 4) is 5.75 Å². The van der Waals surface area contributed by atoms with Crippen molar-refractivity contribution in [2.24, 2.45) is 0 Å². The second kappa shape index (κ2) is 6.37. The van der Waals surface area contributed by atoms with Gasteiger partial charge in [-0.1, -0.05) is 12.8 Å². The number of hydrogen-bond donors (Lipinski definition) is 3. The summed E-state index contributed by atoms with van der Waals surface area (Å²) in [6.45, 7) is 0. The SMILES string of the molecule is O=C(Nc1ccc(C(F)(F)F)cc1)N(S)c1ccc(O)c(F)c1. The molecule has 2 aromatic rings. The van der Waals surface area contributed by atoms with Gasteiger partial charge in [-0.25, -0.2) is 13.5 Å². The first-order valence-corrected chi connectivity index (χ1v) is 6.54. The molecule has 9 heteroatoms. The van der Waals surface area contributed by atoms with E-state index in [-0.39, 0.29) is 11.4 Å². The van der Waals surface area contributed by atoms with Crippen molar-refractivity contribution >= 4 is 30.2 Å². The molecule has 2 rings (SSSR count). The third-order valence-electron chi connectivity index (χ3n) is 2.83. The minimum Gasteiger partial charge on any atom is -0.505 e. The molecule has 2 amide bonds. The quantitative estimate of drug-likeness (QED) is 0.556. The maximum absolute atomic E-state index is 13.2. The van der Waals surface area contributed by atoms with Crippen LogP contribution in [0.1, 0.15) is 5.56 Å². The Bertz CT molecular complexity index is 720. The summed E-state index contributed by atoms with van der Waals surface area (Å²) in [5, 5.41) is 11.4. The fraction of sp³-hybridized carbons (Fsp3) is 0.0714. The number of carbonyl (C=O) groups is 1. The molecule has 0 aliphatic rings. The summed E-state index contributed by atoms with van der Waals surface area (Å²) in [6.07, 6.45) is -4.47. The Labute approximate surface area is 133 Å². The fourth-order valence-electron chi connectivity index (χ4n) is 1.66. The highest BCUT2D eigenvalue weighted by Crippen LogP contribution is 2.30. The molecule has 4 nitrogen and oxygen atoms in total. The number of hydrogen-bond acceptors (Lipinski definition) is 3. The first kappa shape index (κ1) is 16.9. The van der Waals surface area contributed by atoms with Gasteiger partial charge in [-0.2, -0.15) is 13.2 Å². The molecule has 122 valence electrons. The van der Waals surface area contributed by atoms with Crippen LogP contribution in [0.3, 0.4) is 0 Å². The van der Waals surface area contributed by atoms with E-state index in [0.717, 1.165) is 40.7 Å². The molecule has 0 bridgehead atoms. The summed E-state index contributed by atoms with van der Waals surface area (Å²) < 4.78 is 51.3. The van der Waals surface area contributed by atoms with Gasteiger partial charge >= 0.3 is 12.2 Å². The van der Waals surface area contributed by atoms with Gasteiger partial charge in [-0.15, -0.1) is 0 Å². The molecule has 2 N–H and O–H groups in total. The molecule has 0 aliphatic carbocycles. The van der Waals surface area contributed by atoms with Gasteiger partial charge in [0.2, 0.25) is 0 Å². The number of nitrogens with zero attached hydrogens (tertiary/aromatic N) is 1. The lowest BCUT2D eigenvalue weighted by Gasteiger charge is -2.17. The van der Waals surface area contributed by atoms with E-state index in [1.807, 2.05) is 0 Å². The number of phenolic OH excluding ortho intramolecular Hbond substituents is 1. The van der Waals surface area contributed by atoms with Crippen LogP contribution in [0.25, 0.3) is 0 Å². The number of nitrogens with one attached hydrogen (secondary N) is 1. The first-order valence-electron chi connectivity index (χ1n) is 6.14. The van der Waals surface area contributed by atoms with Gasteiger partial charge in [0.1, 0.15) is 0 Å². The maximum Gasteiger partial charge on any atom is 0.416 e. The van der Waals surface area contributed by atoms with E-state index in [1.165, 1.54) is 6.07 Å². The van der Waals surface area contributed by atoms with Crippen LogP contribution in [0.5, 0.6) is 5.75 Å². The molecule has 0 unspecified atom stereocenters. The molecule has 0 radical (unpaired) electrons. The Kier molecular flexibility index (Phi) is 4.69. The normalized spacial score (nSPS) is 11.2. The van der Waals surface area contributed by atoms with Gasteiger partial charge < -0.3 is 10.4 Å². The van der Waals surface area contributed by atoms with Gasteiger partial charge in [-0.3, -0.25) is 0 Å². The Morgan fingerprint density at radius 1 is 1.13 bits per heavy atom. The van der Waals surface area contributed by atoms with Crippen molar-refractivity contribution in [2.45, 2.75) is 6.18 Å².